The number of carbonyl (C=O) groups is 1. The van der Waals surface area contributed by atoms with Crippen LogP contribution in [-0.4, -0.2) is 29.9 Å². The Balaban J connectivity index is 1.72. The molecular formula is C18H19BrN2O. The lowest BCUT2D eigenvalue weighted by Gasteiger charge is -2.39. The highest BCUT2D eigenvalue weighted by Crippen LogP contribution is 2.23. The van der Waals surface area contributed by atoms with E-state index in [0.717, 1.165) is 29.8 Å². The summed E-state index contributed by atoms with van der Waals surface area (Å²) in [5.41, 5.74) is 2.22. The Morgan fingerprint density at radius 3 is 2.41 bits per heavy atom. The first-order chi connectivity index (χ1) is 10.6. The fourth-order valence-electron chi connectivity index (χ4n) is 2.83. The van der Waals surface area contributed by atoms with Gasteiger partial charge in [-0.05, 0) is 36.8 Å². The van der Waals surface area contributed by atoms with Gasteiger partial charge in [-0.3, -0.25) is 9.69 Å². The van der Waals surface area contributed by atoms with Crippen LogP contribution in [0.3, 0.4) is 0 Å². The van der Waals surface area contributed by atoms with Crippen LogP contribution in [0.2, 0.25) is 0 Å². The fraction of sp³-hybridized carbons (Fsp3) is 0.278. The van der Waals surface area contributed by atoms with Gasteiger partial charge in [0.25, 0.3) is 0 Å². The zero-order valence-corrected chi connectivity index (χ0v) is 14.2. The number of hydrogen-bond donors (Lipinski definition) is 0. The molecule has 0 aliphatic carbocycles. The molecule has 0 radical (unpaired) electrons. The standard InChI is InChI=1S/C18H19BrN2O/c1-14-18(22)21(17-9-7-16(19)8-10-17)12-11-20(14)13-15-5-3-2-4-6-15/h2-10,14H,11-13H2,1H3/t14-/m1/s1. The second-order valence-corrected chi connectivity index (χ2v) is 6.51. The third kappa shape index (κ3) is 3.23. The average Bonchev–Trinajstić information content (AvgIpc) is 2.54. The molecule has 0 saturated carbocycles. The molecule has 3 nitrogen and oxygen atoms in total. The molecule has 1 saturated heterocycles. The number of anilines is 1. The van der Waals surface area contributed by atoms with Crippen molar-refractivity contribution in [2.45, 2.75) is 19.5 Å². The van der Waals surface area contributed by atoms with Crippen LogP contribution in [0.15, 0.2) is 59.1 Å². The molecule has 22 heavy (non-hydrogen) atoms. The summed E-state index contributed by atoms with van der Waals surface area (Å²) in [6.45, 7) is 4.44. The summed E-state index contributed by atoms with van der Waals surface area (Å²) in [5.74, 6) is 0.171. The maximum absolute atomic E-state index is 12.7. The highest BCUT2D eigenvalue weighted by Gasteiger charge is 2.31. The summed E-state index contributed by atoms with van der Waals surface area (Å²) in [6.07, 6.45) is 0. The van der Waals surface area contributed by atoms with Crippen molar-refractivity contribution in [3.63, 3.8) is 0 Å². The smallest absolute Gasteiger partial charge is 0.244 e. The van der Waals surface area contributed by atoms with Crippen molar-refractivity contribution in [1.82, 2.24) is 4.90 Å². The first-order valence-electron chi connectivity index (χ1n) is 7.50. The Labute approximate surface area is 139 Å². The number of halogens is 1. The van der Waals surface area contributed by atoms with Crippen LogP contribution in [0.4, 0.5) is 5.69 Å². The van der Waals surface area contributed by atoms with Gasteiger partial charge in [-0.25, -0.2) is 0 Å². The van der Waals surface area contributed by atoms with E-state index in [1.54, 1.807) is 0 Å². The number of nitrogens with zero attached hydrogens (tertiary/aromatic N) is 2. The van der Waals surface area contributed by atoms with Crippen molar-refractivity contribution in [2.24, 2.45) is 0 Å². The first-order valence-corrected chi connectivity index (χ1v) is 8.29. The van der Waals surface area contributed by atoms with Crippen LogP contribution in [0.25, 0.3) is 0 Å². The summed E-state index contributed by atoms with van der Waals surface area (Å²) >= 11 is 3.43. The van der Waals surface area contributed by atoms with Crippen molar-refractivity contribution in [2.75, 3.05) is 18.0 Å². The molecule has 1 aliphatic rings. The van der Waals surface area contributed by atoms with E-state index in [0.29, 0.717) is 0 Å². The Kier molecular flexibility index (Phi) is 4.60. The van der Waals surface area contributed by atoms with Gasteiger partial charge in [0, 0.05) is 29.8 Å². The minimum absolute atomic E-state index is 0.0994. The molecule has 1 atom stereocenters. The van der Waals surface area contributed by atoms with Crippen LogP contribution in [0.5, 0.6) is 0 Å². The number of amides is 1. The Bertz CT molecular complexity index is 642. The monoisotopic (exact) mass is 358 g/mol. The Hall–Kier alpha value is -1.65. The molecule has 2 aromatic rings. The minimum atomic E-state index is -0.0994. The lowest BCUT2D eigenvalue weighted by atomic mass is 10.1. The zero-order valence-electron chi connectivity index (χ0n) is 12.6. The molecule has 2 aromatic carbocycles. The van der Waals surface area contributed by atoms with Crippen molar-refractivity contribution < 1.29 is 4.79 Å². The van der Waals surface area contributed by atoms with Crippen LogP contribution in [0.1, 0.15) is 12.5 Å². The number of carbonyl (C=O) groups excluding carboxylic acids is 1. The van der Waals surface area contributed by atoms with Gasteiger partial charge in [0.05, 0.1) is 6.04 Å². The summed E-state index contributed by atoms with van der Waals surface area (Å²) in [7, 11) is 0. The van der Waals surface area contributed by atoms with E-state index in [2.05, 4.69) is 33.0 Å². The predicted molar refractivity (Wildman–Crippen MR) is 92.8 cm³/mol. The number of hydrogen-bond acceptors (Lipinski definition) is 2. The molecule has 1 aliphatic heterocycles. The highest BCUT2D eigenvalue weighted by molar-refractivity contribution is 9.10. The van der Waals surface area contributed by atoms with Crippen LogP contribution in [-0.2, 0) is 11.3 Å². The summed E-state index contributed by atoms with van der Waals surface area (Å²) < 4.78 is 1.03. The van der Waals surface area contributed by atoms with E-state index in [1.165, 1.54) is 5.56 Å². The SMILES string of the molecule is C[C@@H]1C(=O)N(c2ccc(Br)cc2)CCN1Cc1ccccc1. The Morgan fingerprint density at radius 1 is 1.05 bits per heavy atom. The molecule has 3 rings (SSSR count). The third-order valence-corrected chi connectivity index (χ3v) is 4.68. The molecule has 0 aromatic heterocycles. The van der Waals surface area contributed by atoms with Crippen molar-refractivity contribution >= 4 is 27.5 Å². The molecule has 0 spiro atoms. The van der Waals surface area contributed by atoms with Gasteiger partial charge < -0.3 is 4.90 Å². The second-order valence-electron chi connectivity index (χ2n) is 5.60. The molecule has 0 unspecified atom stereocenters. The van der Waals surface area contributed by atoms with Crippen LogP contribution >= 0.6 is 15.9 Å². The third-order valence-electron chi connectivity index (χ3n) is 4.15. The van der Waals surface area contributed by atoms with Crippen molar-refractivity contribution in [3.05, 3.63) is 64.6 Å². The summed E-state index contributed by atoms with van der Waals surface area (Å²) in [4.78, 5) is 16.8. The lowest BCUT2D eigenvalue weighted by Crippen LogP contribution is -2.55. The second kappa shape index (κ2) is 6.63. The summed E-state index contributed by atoms with van der Waals surface area (Å²) in [6, 6.07) is 18.1. The fourth-order valence-corrected chi connectivity index (χ4v) is 3.09. The van der Waals surface area contributed by atoms with E-state index in [9.17, 15) is 4.79 Å². The normalized spacial score (nSPS) is 19.5. The molecule has 0 N–H and O–H groups in total. The molecule has 1 heterocycles. The van der Waals surface area contributed by atoms with Gasteiger partial charge in [-0.1, -0.05) is 46.3 Å². The number of benzene rings is 2. The van der Waals surface area contributed by atoms with Crippen LogP contribution in [0, 0.1) is 0 Å². The molecule has 1 amide bonds. The number of piperazine rings is 1. The van der Waals surface area contributed by atoms with Gasteiger partial charge >= 0.3 is 0 Å². The molecular weight excluding hydrogens is 340 g/mol. The van der Waals surface area contributed by atoms with Crippen LogP contribution < -0.4 is 4.90 Å². The molecule has 0 bridgehead atoms. The first kappa shape index (κ1) is 15.3. The quantitative estimate of drug-likeness (QED) is 0.835. The molecule has 1 fully saturated rings. The van der Waals surface area contributed by atoms with Gasteiger partial charge in [-0.2, -0.15) is 0 Å². The zero-order chi connectivity index (χ0) is 15.5. The average molecular weight is 359 g/mol. The van der Waals surface area contributed by atoms with E-state index in [-0.39, 0.29) is 11.9 Å². The minimum Gasteiger partial charge on any atom is -0.310 e. The van der Waals surface area contributed by atoms with E-state index in [1.807, 2.05) is 54.3 Å². The highest BCUT2D eigenvalue weighted by atomic mass is 79.9. The van der Waals surface area contributed by atoms with Gasteiger partial charge in [0.2, 0.25) is 5.91 Å². The van der Waals surface area contributed by atoms with E-state index < -0.39 is 0 Å². The van der Waals surface area contributed by atoms with Crippen molar-refractivity contribution in [1.29, 1.82) is 0 Å². The molecule has 4 heteroatoms. The van der Waals surface area contributed by atoms with Gasteiger partial charge in [0.15, 0.2) is 0 Å². The van der Waals surface area contributed by atoms with E-state index >= 15 is 0 Å². The van der Waals surface area contributed by atoms with E-state index in [4.69, 9.17) is 0 Å². The Morgan fingerprint density at radius 2 is 1.73 bits per heavy atom. The van der Waals surface area contributed by atoms with Gasteiger partial charge in [0.1, 0.15) is 0 Å². The molecule has 114 valence electrons. The largest absolute Gasteiger partial charge is 0.310 e. The predicted octanol–water partition coefficient (Wildman–Crippen LogP) is 3.69. The number of rotatable bonds is 3. The maximum atomic E-state index is 12.7. The van der Waals surface area contributed by atoms with Gasteiger partial charge in [-0.15, -0.1) is 0 Å². The lowest BCUT2D eigenvalue weighted by molar-refractivity contribution is -0.125. The van der Waals surface area contributed by atoms with Crippen molar-refractivity contribution in [3.8, 4) is 0 Å². The topological polar surface area (TPSA) is 23.6 Å². The maximum Gasteiger partial charge on any atom is 0.244 e. The summed E-state index contributed by atoms with van der Waals surface area (Å²) in [5, 5.41) is 0.